The van der Waals surface area contributed by atoms with Crippen molar-refractivity contribution in [2.24, 2.45) is 0 Å². The Labute approximate surface area is 213 Å². The lowest BCUT2D eigenvalue weighted by Gasteiger charge is -2.30. The van der Waals surface area contributed by atoms with Gasteiger partial charge in [-0.3, -0.25) is 4.79 Å². The van der Waals surface area contributed by atoms with Crippen LogP contribution in [0.5, 0.6) is 5.75 Å². The SMILES string of the molecule is CCCCC1CN(c2ccccc2)c2cc(SC)c(OCC(C)(C=O)OC)cc2SN1C.CO. The van der Waals surface area contributed by atoms with E-state index in [9.17, 15) is 4.79 Å². The van der Waals surface area contributed by atoms with Gasteiger partial charge < -0.3 is 19.5 Å². The number of aliphatic hydroxyl groups excluding tert-OH is 1. The van der Waals surface area contributed by atoms with Crippen LogP contribution in [0.2, 0.25) is 0 Å². The number of rotatable bonds is 10. The summed E-state index contributed by atoms with van der Waals surface area (Å²) >= 11 is 3.42. The lowest BCUT2D eigenvalue weighted by Crippen LogP contribution is -2.36. The Bertz CT molecular complexity index is 900. The van der Waals surface area contributed by atoms with Crippen LogP contribution < -0.4 is 9.64 Å². The summed E-state index contributed by atoms with van der Waals surface area (Å²) in [6.07, 6.45) is 6.41. The van der Waals surface area contributed by atoms with Crippen LogP contribution in [0, 0.1) is 0 Å². The monoisotopic (exact) mass is 506 g/mol. The van der Waals surface area contributed by atoms with E-state index in [1.54, 1.807) is 30.6 Å². The lowest BCUT2D eigenvalue weighted by molar-refractivity contribution is -0.129. The molecule has 1 heterocycles. The van der Waals surface area contributed by atoms with Crippen molar-refractivity contribution in [3.63, 3.8) is 0 Å². The van der Waals surface area contributed by atoms with Crippen LogP contribution in [0.4, 0.5) is 11.4 Å². The summed E-state index contributed by atoms with van der Waals surface area (Å²) in [5.74, 6) is 0.780. The molecule has 3 rings (SSSR count). The summed E-state index contributed by atoms with van der Waals surface area (Å²) in [6, 6.07) is 15.4. The van der Waals surface area contributed by atoms with Crippen LogP contribution in [0.15, 0.2) is 52.3 Å². The summed E-state index contributed by atoms with van der Waals surface area (Å²) in [7, 11) is 4.71. The van der Waals surface area contributed by atoms with Crippen molar-refractivity contribution >= 4 is 41.4 Å². The number of unbranched alkanes of at least 4 members (excludes halogenated alkanes) is 1. The van der Waals surface area contributed by atoms with Crippen molar-refractivity contribution in [2.45, 2.75) is 54.5 Å². The van der Waals surface area contributed by atoms with Crippen molar-refractivity contribution in [1.82, 2.24) is 4.31 Å². The van der Waals surface area contributed by atoms with Crippen molar-refractivity contribution in [1.29, 1.82) is 0 Å². The highest BCUT2D eigenvalue weighted by molar-refractivity contribution is 7.98. The van der Waals surface area contributed by atoms with Gasteiger partial charge in [0.1, 0.15) is 12.4 Å². The largest absolute Gasteiger partial charge is 0.489 e. The first-order valence-corrected chi connectivity index (χ1v) is 13.5. The summed E-state index contributed by atoms with van der Waals surface area (Å²) in [5.41, 5.74) is 1.42. The minimum Gasteiger partial charge on any atom is -0.489 e. The highest BCUT2D eigenvalue weighted by Gasteiger charge is 2.29. The number of fused-ring (bicyclic) bond motifs is 1. The van der Waals surface area contributed by atoms with Crippen LogP contribution in [0.1, 0.15) is 33.1 Å². The van der Waals surface area contributed by atoms with Gasteiger partial charge in [-0.05, 0) is 62.9 Å². The summed E-state index contributed by atoms with van der Waals surface area (Å²) in [5, 5.41) is 7.00. The van der Waals surface area contributed by atoms with Crippen LogP contribution >= 0.6 is 23.7 Å². The molecule has 0 saturated heterocycles. The summed E-state index contributed by atoms with van der Waals surface area (Å²) < 4.78 is 13.8. The van der Waals surface area contributed by atoms with E-state index in [4.69, 9.17) is 14.6 Å². The number of para-hydroxylation sites is 1. The van der Waals surface area contributed by atoms with E-state index >= 15 is 0 Å². The predicted molar refractivity (Wildman–Crippen MR) is 144 cm³/mol. The molecule has 0 aromatic heterocycles. The number of nitrogens with zero attached hydrogens (tertiary/aromatic N) is 2. The number of thioether (sulfide) groups is 1. The third kappa shape index (κ3) is 7.15. The fourth-order valence-corrected chi connectivity index (χ4v) is 5.27. The highest BCUT2D eigenvalue weighted by Crippen LogP contribution is 2.45. The Kier molecular flexibility index (Phi) is 11.7. The third-order valence-corrected chi connectivity index (χ3v) is 7.74. The maximum atomic E-state index is 11.4. The van der Waals surface area contributed by atoms with E-state index < -0.39 is 5.60 Å². The zero-order valence-corrected chi connectivity index (χ0v) is 22.7. The van der Waals surface area contributed by atoms with Crippen LogP contribution in [-0.2, 0) is 9.53 Å². The predicted octanol–water partition coefficient (Wildman–Crippen LogP) is 5.65. The normalized spacial score (nSPS) is 17.6. The van der Waals surface area contributed by atoms with E-state index in [1.165, 1.54) is 31.3 Å². The molecular weight excluding hydrogens is 468 g/mol. The fourth-order valence-electron chi connectivity index (χ4n) is 3.67. The molecule has 1 aliphatic heterocycles. The number of hydrogen-bond acceptors (Lipinski definition) is 8. The number of benzene rings is 2. The molecule has 0 spiro atoms. The minimum absolute atomic E-state index is 0.168. The number of anilines is 2. The molecular formula is C26H38N2O4S2. The number of carbonyl (C=O) groups excluding carboxylic acids is 1. The number of hydrogen-bond donors (Lipinski definition) is 1. The second-order valence-corrected chi connectivity index (χ2v) is 10.3. The zero-order chi connectivity index (χ0) is 25.1. The van der Waals surface area contributed by atoms with E-state index in [-0.39, 0.29) is 6.61 Å². The summed E-state index contributed by atoms with van der Waals surface area (Å²) in [6.45, 7) is 5.08. The Morgan fingerprint density at radius 1 is 1.26 bits per heavy atom. The quantitative estimate of drug-likeness (QED) is 0.252. The highest BCUT2D eigenvalue weighted by atomic mass is 32.2. The van der Waals surface area contributed by atoms with Crippen molar-refractivity contribution in [3.05, 3.63) is 42.5 Å². The van der Waals surface area contributed by atoms with Gasteiger partial charge in [0.2, 0.25) is 0 Å². The van der Waals surface area contributed by atoms with Gasteiger partial charge in [-0.15, -0.1) is 11.8 Å². The van der Waals surface area contributed by atoms with E-state index in [0.29, 0.717) is 6.04 Å². The van der Waals surface area contributed by atoms with Gasteiger partial charge in [0, 0.05) is 32.5 Å². The molecule has 188 valence electrons. The molecule has 6 nitrogen and oxygen atoms in total. The van der Waals surface area contributed by atoms with Crippen LogP contribution in [0.3, 0.4) is 0 Å². The fraction of sp³-hybridized carbons (Fsp3) is 0.500. The standard InChI is InChI=1S/C25H34N2O3S2.CH4O/c1-6-7-11-20-16-27(19-12-9-8-10-13-19)21-14-24(31-5)22(15-23(21)32-26(20)3)30-18-25(2,17-28)29-4;1-2/h8-10,12-15,17,20H,6-7,11,16,18H2,1-5H3;2H,1H3. The molecule has 2 aromatic carbocycles. The molecule has 0 radical (unpaired) electrons. The third-order valence-electron chi connectivity index (χ3n) is 5.87. The molecule has 2 aromatic rings. The molecule has 0 amide bonds. The van der Waals surface area contributed by atoms with Gasteiger partial charge in [-0.25, -0.2) is 4.31 Å². The molecule has 8 heteroatoms. The average molecular weight is 507 g/mol. The number of likely N-dealkylation sites (N-methyl/N-ethyl adjacent to an activating group) is 1. The van der Waals surface area contributed by atoms with E-state index in [1.807, 2.05) is 0 Å². The molecule has 0 saturated carbocycles. The Balaban J connectivity index is 0.00000199. The Morgan fingerprint density at radius 2 is 1.97 bits per heavy atom. The molecule has 1 N–H and O–H groups in total. The van der Waals surface area contributed by atoms with Gasteiger partial charge in [-0.1, -0.05) is 38.0 Å². The number of aliphatic hydroxyl groups is 1. The van der Waals surface area contributed by atoms with Crippen LogP contribution in [0.25, 0.3) is 0 Å². The van der Waals surface area contributed by atoms with E-state index in [2.05, 4.69) is 71.9 Å². The van der Waals surface area contributed by atoms with Gasteiger partial charge >= 0.3 is 0 Å². The first-order valence-electron chi connectivity index (χ1n) is 11.5. The van der Waals surface area contributed by atoms with E-state index in [0.717, 1.165) is 41.9 Å². The number of carbonyl (C=O) groups is 1. The first-order chi connectivity index (χ1) is 16.4. The lowest BCUT2D eigenvalue weighted by atomic mass is 10.1. The van der Waals surface area contributed by atoms with Gasteiger partial charge in [0.05, 0.1) is 15.5 Å². The maximum absolute atomic E-state index is 11.4. The molecule has 0 aliphatic carbocycles. The van der Waals surface area contributed by atoms with Crippen molar-refractivity contribution in [3.8, 4) is 5.75 Å². The first kappa shape index (κ1) is 28.5. The molecule has 2 atom stereocenters. The molecule has 0 bridgehead atoms. The smallest absolute Gasteiger partial charge is 0.155 e. The second kappa shape index (κ2) is 14.0. The molecule has 2 unspecified atom stereocenters. The zero-order valence-electron chi connectivity index (χ0n) is 21.1. The van der Waals surface area contributed by atoms with Gasteiger partial charge in [0.25, 0.3) is 0 Å². The van der Waals surface area contributed by atoms with Crippen molar-refractivity contribution < 1.29 is 19.4 Å². The summed E-state index contributed by atoms with van der Waals surface area (Å²) in [4.78, 5) is 16.1. The number of aldehydes is 1. The van der Waals surface area contributed by atoms with Gasteiger partial charge in [-0.2, -0.15) is 0 Å². The Hall–Kier alpha value is -1.71. The van der Waals surface area contributed by atoms with Gasteiger partial charge in [0.15, 0.2) is 11.9 Å². The second-order valence-electron chi connectivity index (χ2n) is 8.27. The number of ether oxygens (including phenoxy) is 2. The van der Waals surface area contributed by atoms with Crippen molar-refractivity contribution in [2.75, 3.05) is 45.6 Å². The maximum Gasteiger partial charge on any atom is 0.155 e. The molecule has 0 fully saturated rings. The topological polar surface area (TPSA) is 62.2 Å². The molecule has 34 heavy (non-hydrogen) atoms. The molecule has 1 aliphatic rings. The average Bonchev–Trinajstić information content (AvgIpc) is 3.02. The number of methoxy groups -OCH3 is 1. The Morgan fingerprint density at radius 3 is 2.56 bits per heavy atom. The minimum atomic E-state index is -0.965. The van der Waals surface area contributed by atoms with Crippen LogP contribution in [-0.4, -0.2) is 68.0 Å².